The molecule has 2 rings (SSSR count). The number of aryl methyl sites for hydroxylation is 1. The van der Waals surface area contributed by atoms with E-state index in [0.717, 1.165) is 16.9 Å². The molecule has 0 radical (unpaired) electrons. The molecule has 92 valence electrons. The van der Waals surface area contributed by atoms with Crippen LogP contribution in [0, 0.1) is 6.92 Å². The molecule has 0 aliphatic heterocycles. The minimum Gasteiger partial charge on any atom is -0.242 e. The quantitative estimate of drug-likeness (QED) is 0.607. The Kier molecular flexibility index (Phi) is 3.57. The molecule has 0 amide bonds. The summed E-state index contributed by atoms with van der Waals surface area (Å²) in [7, 11) is 0. The highest BCUT2D eigenvalue weighted by Gasteiger charge is 2.05. The van der Waals surface area contributed by atoms with Crippen molar-refractivity contribution in [1.82, 2.24) is 9.78 Å². The van der Waals surface area contributed by atoms with Crippen molar-refractivity contribution in [1.29, 1.82) is 0 Å². The second-order valence-electron chi connectivity index (χ2n) is 3.88. The average Bonchev–Trinajstić information content (AvgIpc) is 2.89. The lowest BCUT2D eigenvalue weighted by molar-refractivity contribution is 0.877. The topological polar surface area (TPSA) is 33.4 Å². The lowest BCUT2D eigenvalue weighted by Gasteiger charge is -2.15. The molecular weight excluding hydrogens is 224 g/mol. The van der Waals surface area contributed by atoms with Gasteiger partial charge in [0.2, 0.25) is 0 Å². The van der Waals surface area contributed by atoms with Crippen LogP contribution in [0.25, 0.3) is 5.69 Å². The summed E-state index contributed by atoms with van der Waals surface area (Å²) < 4.78 is 1.83. The minimum atomic E-state index is 0.966. The van der Waals surface area contributed by atoms with Crippen LogP contribution in [0.2, 0.25) is 0 Å². The molecule has 18 heavy (non-hydrogen) atoms. The lowest BCUT2D eigenvalue weighted by atomic mass is 10.2. The Morgan fingerprint density at radius 2 is 2.22 bits per heavy atom. The van der Waals surface area contributed by atoms with Crippen molar-refractivity contribution < 1.29 is 0 Å². The molecule has 0 N–H and O–H groups in total. The Labute approximate surface area is 107 Å². The van der Waals surface area contributed by atoms with Gasteiger partial charge in [0, 0.05) is 24.8 Å². The van der Waals surface area contributed by atoms with Crippen molar-refractivity contribution in [2.24, 2.45) is 5.10 Å². The third kappa shape index (κ3) is 2.48. The first kappa shape index (κ1) is 12.1. The minimum absolute atomic E-state index is 0.966. The van der Waals surface area contributed by atoms with Gasteiger partial charge in [-0.05, 0) is 43.7 Å². The highest BCUT2D eigenvalue weighted by atomic mass is 15.4. The Hall–Kier alpha value is -2.36. The van der Waals surface area contributed by atoms with Crippen molar-refractivity contribution in [3.8, 4) is 5.69 Å². The van der Waals surface area contributed by atoms with E-state index >= 15 is 0 Å². The smallest absolute Gasteiger partial charge is 0.0669 e. The molecule has 4 heteroatoms. The van der Waals surface area contributed by atoms with Crippen LogP contribution in [-0.2, 0) is 0 Å². The summed E-state index contributed by atoms with van der Waals surface area (Å²) >= 11 is 0. The van der Waals surface area contributed by atoms with Crippen LogP contribution < -0.4 is 5.01 Å². The number of aromatic nitrogens is 2. The predicted octanol–water partition coefficient (Wildman–Crippen LogP) is 3.14. The summed E-state index contributed by atoms with van der Waals surface area (Å²) in [5.74, 6) is 0. The Bertz CT molecular complexity index is 555. The number of nitrogens with zero attached hydrogens (tertiary/aromatic N) is 4. The van der Waals surface area contributed by atoms with Gasteiger partial charge in [-0.25, -0.2) is 9.69 Å². The van der Waals surface area contributed by atoms with Crippen LogP contribution in [0.4, 0.5) is 5.69 Å². The third-order valence-electron chi connectivity index (χ3n) is 2.49. The molecule has 0 bridgehead atoms. The first-order valence-electron chi connectivity index (χ1n) is 5.76. The normalized spacial score (nSPS) is 10.8. The first-order valence-corrected chi connectivity index (χ1v) is 5.76. The SMILES string of the molecule is C=CN(/N=C\C)c1cc(C)cc(-n2cccn2)c1. The fourth-order valence-corrected chi connectivity index (χ4v) is 1.77. The van der Waals surface area contributed by atoms with E-state index in [1.807, 2.05) is 36.9 Å². The molecule has 0 spiro atoms. The van der Waals surface area contributed by atoms with Crippen LogP contribution in [0.15, 0.2) is 54.5 Å². The van der Waals surface area contributed by atoms with Crippen molar-refractivity contribution in [3.63, 3.8) is 0 Å². The number of benzene rings is 1. The van der Waals surface area contributed by atoms with Crippen LogP contribution in [0.5, 0.6) is 0 Å². The molecule has 1 aromatic heterocycles. The zero-order chi connectivity index (χ0) is 13.0. The number of hydrazone groups is 1. The van der Waals surface area contributed by atoms with E-state index in [-0.39, 0.29) is 0 Å². The summed E-state index contributed by atoms with van der Waals surface area (Å²) in [6.45, 7) is 7.69. The molecule has 2 aromatic rings. The second-order valence-corrected chi connectivity index (χ2v) is 3.88. The number of hydrogen-bond donors (Lipinski definition) is 0. The highest BCUT2D eigenvalue weighted by molar-refractivity contribution is 5.61. The van der Waals surface area contributed by atoms with Gasteiger partial charge >= 0.3 is 0 Å². The molecule has 1 aromatic carbocycles. The van der Waals surface area contributed by atoms with Crippen LogP contribution >= 0.6 is 0 Å². The molecule has 0 fully saturated rings. The summed E-state index contributed by atoms with van der Waals surface area (Å²) in [5, 5.41) is 10.2. The molecule has 0 unspecified atom stereocenters. The lowest BCUT2D eigenvalue weighted by Crippen LogP contribution is -2.08. The van der Waals surface area contributed by atoms with E-state index in [1.165, 1.54) is 0 Å². The van der Waals surface area contributed by atoms with E-state index in [9.17, 15) is 0 Å². The number of rotatable bonds is 4. The van der Waals surface area contributed by atoms with Crippen molar-refractivity contribution >= 4 is 11.9 Å². The van der Waals surface area contributed by atoms with Gasteiger partial charge in [0.25, 0.3) is 0 Å². The van der Waals surface area contributed by atoms with Gasteiger partial charge in [-0.15, -0.1) is 0 Å². The van der Waals surface area contributed by atoms with Crippen LogP contribution in [-0.4, -0.2) is 16.0 Å². The van der Waals surface area contributed by atoms with Gasteiger partial charge in [-0.2, -0.15) is 10.2 Å². The molecule has 4 nitrogen and oxygen atoms in total. The van der Waals surface area contributed by atoms with E-state index in [1.54, 1.807) is 23.6 Å². The summed E-state index contributed by atoms with van der Waals surface area (Å²) in [5.41, 5.74) is 3.12. The maximum atomic E-state index is 4.24. The first-order chi connectivity index (χ1) is 8.74. The number of anilines is 1. The van der Waals surface area contributed by atoms with Gasteiger partial charge in [0.1, 0.15) is 0 Å². The third-order valence-corrected chi connectivity index (χ3v) is 2.49. The summed E-state index contributed by atoms with van der Waals surface area (Å²) in [6, 6.07) is 8.06. The van der Waals surface area contributed by atoms with Gasteiger partial charge in [-0.1, -0.05) is 6.58 Å². The molecule has 0 aliphatic carbocycles. The molecule has 0 saturated carbocycles. The van der Waals surface area contributed by atoms with E-state index < -0.39 is 0 Å². The Morgan fingerprint density at radius 3 is 2.83 bits per heavy atom. The summed E-state index contributed by atoms with van der Waals surface area (Å²) in [6.07, 6.45) is 7.09. The molecule has 0 saturated heterocycles. The standard InChI is InChI=1S/C14H16N4/c1-4-15-17(5-2)13-9-12(3)10-14(11-13)18-8-6-7-16-18/h4-11H,2H2,1,3H3/b15-4-. The van der Waals surface area contributed by atoms with Gasteiger partial charge in [-0.3, -0.25) is 0 Å². The van der Waals surface area contributed by atoms with E-state index in [2.05, 4.69) is 28.9 Å². The van der Waals surface area contributed by atoms with E-state index in [0.29, 0.717) is 0 Å². The fourth-order valence-electron chi connectivity index (χ4n) is 1.77. The maximum absolute atomic E-state index is 4.24. The fraction of sp³-hybridized carbons (Fsp3) is 0.143. The molecule has 0 atom stereocenters. The zero-order valence-corrected chi connectivity index (χ0v) is 10.6. The molecule has 1 heterocycles. The zero-order valence-electron chi connectivity index (χ0n) is 10.6. The van der Waals surface area contributed by atoms with Crippen molar-refractivity contribution in [2.45, 2.75) is 13.8 Å². The highest BCUT2D eigenvalue weighted by Crippen LogP contribution is 2.21. The predicted molar refractivity (Wildman–Crippen MR) is 75.1 cm³/mol. The monoisotopic (exact) mass is 240 g/mol. The van der Waals surface area contributed by atoms with E-state index in [4.69, 9.17) is 0 Å². The van der Waals surface area contributed by atoms with Crippen molar-refractivity contribution in [2.75, 3.05) is 5.01 Å². The maximum Gasteiger partial charge on any atom is 0.0669 e. The Morgan fingerprint density at radius 1 is 1.39 bits per heavy atom. The van der Waals surface area contributed by atoms with Crippen LogP contribution in [0.1, 0.15) is 12.5 Å². The average molecular weight is 240 g/mol. The van der Waals surface area contributed by atoms with Gasteiger partial charge in [0.05, 0.1) is 11.4 Å². The second kappa shape index (κ2) is 5.31. The largest absolute Gasteiger partial charge is 0.242 e. The molecular formula is C14H16N4. The van der Waals surface area contributed by atoms with Crippen molar-refractivity contribution in [3.05, 3.63) is 55.0 Å². The van der Waals surface area contributed by atoms with Gasteiger partial charge < -0.3 is 0 Å². The van der Waals surface area contributed by atoms with Crippen LogP contribution in [0.3, 0.4) is 0 Å². The molecule has 0 aliphatic rings. The summed E-state index contributed by atoms with van der Waals surface area (Å²) in [4.78, 5) is 0. The Balaban J connectivity index is 2.46. The number of hydrogen-bond acceptors (Lipinski definition) is 3. The van der Waals surface area contributed by atoms with Gasteiger partial charge in [0.15, 0.2) is 0 Å².